The predicted octanol–water partition coefficient (Wildman–Crippen LogP) is 2.20. The smallest absolute Gasteiger partial charge is 0.261 e. The molecule has 0 saturated carbocycles. The number of aliphatic hydroxyl groups is 1. The molecule has 0 aromatic carbocycles. The standard InChI is InChI=1S/C15H12ClFN4O2/c1-8(6-22)21-7-19-14-11(15(21)23)3-12(16)20-13(14)9-2-10(17)5-18-4-9/h2-5,7-8,22H,6H2,1H3. The van der Waals surface area contributed by atoms with E-state index in [4.69, 9.17) is 11.6 Å². The van der Waals surface area contributed by atoms with Crippen LogP contribution in [0.3, 0.4) is 0 Å². The van der Waals surface area contributed by atoms with Crippen molar-refractivity contribution >= 4 is 22.5 Å². The van der Waals surface area contributed by atoms with Crippen molar-refractivity contribution in [2.24, 2.45) is 0 Å². The highest BCUT2D eigenvalue weighted by molar-refractivity contribution is 6.30. The minimum Gasteiger partial charge on any atom is -0.394 e. The molecule has 1 N–H and O–H groups in total. The Labute approximate surface area is 135 Å². The zero-order chi connectivity index (χ0) is 16.6. The van der Waals surface area contributed by atoms with Crippen LogP contribution in [0.5, 0.6) is 0 Å². The van der Waals surface area contributed by atoms with Gasteiger partial charge in [0.05, 0.1) is 30.6 Å². The maximum Gasteiger partial charge on any atom is 0.261 e. The maximum absolute atomic E-state index is 13.4. The molecule has 0 spiro atoms. The summed E-state index contributed by atoms with van der Waals surface area (Å²) < 4.78 is 14.7. The third-order valence-corrected chi connectivity index (χ3v) is 3.65. The number of aromatic nitrogens is 4. The minimum atomic E-state index is -0.528. The molecule has 0 radical (unpaired) electrons. The van der Waals surface area contributed by atoms with Gasteiger partial charge in [0, 0.05) is 11.8 Å². The zero-order valence-corrected chi connectivity index (χ0v) is 12.8. The molecule has 3 heterocycles. The molecular weight excluding hydrogens is 323 g/mol. The highest BCUT2D eigenvalue weighted by atomic mass is 35.5. The lowest BCUT2D eigenvalue weighted by Gasteiger charge is -2.13. The van der Waals surface area contributed by atoms with Crippen LogP contribution in [0.2, 0.25) is 5.15 Å². The molecule has 0 saturated heterocycles. The van der Waals surface area contributed by atoms with Gasteiger partial charge in [-0.15, -0.1) is 0 Å². The molecule has 0 bridgehead atoms. The summed E-state index contributed by atoms with van der Waals surface area (Å²) in [5, 5.41) is 9.56. The third-order valence-electron chi connectivity index (χ3n) is 3.46. The number of aliphatic hydroxyl groups excluding tert-OH is 1. The molecule has 6 nitrogen and oxygen atoms in total. The highest BCUT2D eigenvalue weighted by Gasteiger charge is 2.15. The van der Waals surface area contributed by atoms with Gasteiger partial charge in [0.2, 0.25) is 0 Å². The van der Waals surface area contributed by atoms with E-state index in [1.54, 1.807) is 6.92 Å². The van der Waals surface area contributed by atoms with Crippen LogP contribution in [0.15, 0.2) is 35.6 Å². The Morgan fingerprint density at radius 1 is 1.39 bits per heavy atom. The molecule has 3 aromatic rings. The Bertz CT molecular complexity index is 944. The Hall–Kier alpha value is -2.38. The van der Waals surface area contributed by atoms with Gasteiger partial charge in [-0.1, -0.05) is 11.6 Å². The number of fused-ring (bicyclic) bond motifs is 1. The minimum absolute atomic E-state index is 0.0880. The second-order valence-electron chi connectivity index (χ2n) is 5.07. The second kappa shape index (κ2) is 6.02. The quantitative estimate of drug-likeness (QED) is 0.743. The Morgan fingerprint density at radius 2 is 2.17 bits per heavy atom. The highest BCUT2D eigenvalue weighted by Crippen LogP contribution is 2.26. The van der Waals surface area contributed by atoms with Gasteiger partial charge in [0.15, 0.2) is 0 Å². The topological polar surface area (TPSA) is 80.9 Å². The number of hydrogen-bond donors (Lipinski definition) is 1. The predicted molar refractivity (Wildman–Crippen MR) is 83.8 cm³/mol. The van der Waals surface area contributed by atoms with Crippen LogP contribution < -0.4 is 5.56 Å². The van der Waals surface area contributed by atoms with Crippen LogP contribution in [0, 0.1) is 5.82 Å². The summed E-state index contributed by atoms with van der Waals surface area (Å²) in [5.74, 6) is -0.528. The third kappa shape index (κ3) is 2.80. The summed E-state index contributed by atoms with van der Waals surface area (Å²) in [4.78, 5) is 24.7. The average Bonchev–Trinajstić information content (AvgIpc) is 2.54. The van der Waals surface area contributed by atoms with Crippen LogP contribution >= 0.6 is 11.6 Å². The first-order valence-electron chi connectivity index (χ1n) is 6.80. The van der Waals surface area contributed by atoms with Gasteiger partial charge in [-0.2, -0.15) is 0 Å². The van der Waals surface area contributed by atoms with Crippen molar-refractivity contribution in [3.63, 3.8) is 0 Å². The molecule has 8 heteroatoms. The summed E-state index contributed by atoms with van der Waals surface area (Å²) >= 11 is 6.00. The normalized spacial score (nSPS) is 12.5. The van der Waals surface area contributed by atoms with Gasteiger partial charge in [-0.3, -0.25) is 14.3 Å². The maximum atomic E-state index is 13.4. The molecule has 0 aliphatic rings. The van der Waals surface area contributed by atoms with Crippen molar-refractivity contribution < 1.29 is 9.50 Å². The fourth-order valence-corrected chi connectivity index (χ4v) is 2.45. The molecule has 0 amide bonds. The fourth-order valence-electron chi connectivity index (χ4n) is 2.26. The molecule has 118 valence electrons. The van der Waals surface area contributed by atoms with Crippen LogP contribution in [0.25, 0.3) is 22.2 Å². The van der Waals surface area contributed by atoms with Gasteiger partial charge < -0.3 is 5.11 Å². The molecular formula is C15H12ClFN4O2. The monoisotopic (exact) mass is 334 g/mol. The lowest BCUT2D eigenvalue weighted by molar-refractivity contribution is 0.236. The van der Waals surface area contributed by atoms with Gasteiger partial charge in [0.25, 0.3) is 5.56 Å². The first kappa shape index (κ1) is 15.5. The van der Waals surface area contributed by atoms with Gasteiger partial charge in [-0.05, 0) is 19.1 Å². The fraction of sp³-hybridized carbons (Fsp3) is 0.200. The average molecular weight is 335 g/mol. The van der Waals surface area contributed by atoms with E-state index < -0.39 is 11.9 Å². The van der Waals surface area contributed by atoms with Crippen molar-refractivity contribution in [2.75, 3.05) is 6.61 Å². The summed E-state index contributed by atoms with van der Waals surface area (Å²) in [7, 11) is 0. The first-order valence-corrected chi connectivity index (χ1v) is 7.18. The molecule has 1 atom stereocenters. The van der Waals surface area contributed by atoms with Gasteiger partial charge >= 0.3 is 0 Å². The lowest BCUT2D eigenvalue weighted by atomic mass is 10.1. The lowest BCUT2D eigenvalue weighted by Crippen LogP contribution is -2.25. The Kier molecular flexibility index (Phi) is 4.06. The first-order chi connectivity index (χ1) is 11.0. The largest absolute Gasteiger partial charge is 0.394 e. The summed E-state index contributed by atoms with van der Waals surface area (Å²) in [6.45, 7) is 1.49. The number of nitrogens with zero attached hydrogens (tertiary/aromatic N) is 4. The molecule has 0 fully saturated rings. The van der Waals surface area contributed by atoms with E-state index in [-0.39, 0.29) is 28.4 Å². The van der Waals surface area contributed by atoms with E-state index in [2.05, 4.69) is 15.0 Å². The number of pyridine rings is 2. The number of rotatable bonds is 3. The summed E-state index contributed by atoms with van der Waals surface area (Å²) in [6, 6.07) is 2.23. The SMILES string of the molecule is CC(CO)n1cnc2c(-c3cncc(F)c3)nc(Cl)cc2c1=O. The van der Waals surface area contributed by atoms with Crippen molar-refractivity contribution in [3.05, 3.63) is 52.2 Å². The number of hydrogen-bond acceptors (Lipinski definition) is 5. The van der Waals surface area contributed by atoms with Gasteiger partial charge in [0.1, 0.15) is 22.2 Å². The number of halogens is 2. The molecule has 3 aromatic heterocycles. The van der Waals surface area contributed by atoms with E-state index in [0.29, 0.717) is 11.1 Å². The van der Waals surface area contributed by atoms with E-state index in [9.17, 15) is 14.3 Å². The van der Waals surface area contributed by atoms with Crippen LogP contribution in [0.4, 0.5) is 4.39 Å². The van der Waals surface area contributed by atoms with Crippen molar-refractivity contribution in [2.45, 2.75) is 13.0 Å². The zero-order valence-electron chi connectivity index (χ0n) is 12.1. The van der Waals surface area contributed by atoms with Crippen molar-refractivity contribution in [1.82, 2.24) is 19.5 Å². The Morgan fingerprint density at radius 3 is 2.87 bits per heavy atom. The molecule has 23 heavy (non-hydrogen) atoms. The van der Waals surface area contributed by atoms with Crippen LogP contribution in [-0.4, -0.2) is 31.2 Å². The van der Waals surface area contributed by atoms with E-state index in [0.717, 1.165) is 6.20 Å². The second-order valence-corrected chi connectivity index (χ2v) is 5.46. The van der Waals surface area contributed by atoms with E-state index >= 15 is 0 Å². The molecule has 0 aliphatic heterocycles. The summed E-state index contributed by atoms with van der Waals surface area (Å²) in [6.07, 6.45) is 3.82. The summed E-state index contributed by atoms with van der Waals surface area (Å²) in [5.41, 5.74) is 0.595. The molecule has 0 aliphatic carbocycles. The van der Waals surface area contributed by atoms with E-state index in [1.165, 1.54) is 29.2 Å². The van der Waals surface area contributed by atoms with Crippen molar-refractivity contribution in [1.29, 1.82) is 0 Å². The van der Waals surface area contributed by atoms with Crippen molar-refractivity contribution in [3.8, 4) is 11.3 Å². The van der Waals surface area contributed by atoms with Gasteiger partial charge in [-0.25, -0.2) is 14.4 Å². The van der Waals surface area contributed by atoms with E-state index in [1.807, 2.05) is 0 Å². The van der Waals surface area contributed by atoms with Crippen LogP contribution in [-0.2, 0) is 0 Å². The molecule has 1 unspecified atom stereocenters. The van der Waals surface area contributed by atoms with Crippen LogP contribution in [0.1, 0.15) is 13.0 Å². The molecule has 3 rings (SSSR count). The Balaban J connectivity index is 2.33.